The number of carbonyl (C=O) groups is 1. The molecule has 2 rings (SSSR count). The van der Waals surface area contributed by atoms with E-state index in [9.17, 15) is 26.4 Å². The fourth-order valence-corrected chi connectivity index (χ4v) is 3.36. The van der Waals surface area contributed by atoms with Crippen molar-refractivity contribution in [2.75, 3.05) is 18.2 Å². The third kappa shape index (κ3) is 4.90. The molecule has 152 valence electrons. The number of nitrogens with zero attached hydrogens (tertiary/aromatic N) is 2. The first-order valence-corrected chi connectivity index (χ1v) is 9.80. The Morgan fingerprint density at radius 1 is 1.32 bits per heavy atom. The highest BCUT2D eigenvalue weighted by Gasteiger charge is 2.34. The van der Waals surface area contributed by atoms with Crippen molar-refractivity contribution in [3.05, 3.63) is 46.4 Å². The fourth-order valence-electron chi connectivity index (χ4n) is 2.21. The second-order valence-electron chi connectivity index (χ2n) is 5.45. The molecule has 0 aromatic carbocycles. The first-order chi connectivity index (χ1) is 13.0. The number of methoxy groups -OCH3 is 1. The molecule has 2 aromatic heterocycles. The van der Waals surface area contributed by atoms with E-state index in [1.165, 1.54) is 19.1 Å². The highest BCUT2D eigenvalue weighted by molar-refractivity contribution is 7.91. The van der Waals surface area contributed by atoms with Gasteiger partial charge in [0.1, 0.15) is 21.6 Å². The van der Waals surface area contributed by atoms with Crippen molar-refractivity contribution in [1.29, 1.82) is 0 Å². The minimum Gasteiger partial charge on any atom is -0.465 e. The van der Waals surface area contributed by atoms with Gasteiger partial charge < -0.3 is 10.1 Å². The van der Waals surface area contributed by atoms with E-state index >= 15 is 0 Å². The van der Waals surface area contributed by atoms with Crippen LogP contribution in [0.5, 0.6) is 0 Å². The van der Waals surface area contributed by atoms with Gasteiger partial charge in [-0.25, -0.2) is 18.2 Å². The molecule has 0 spiro atoms. The lowest BCUT2D eigenvalue weighted by Gasteiger charge is -2.14. The lowest BCUT2D eigenvalue weighted by Crippen LogP contribution is -2.16. The number of carbonyl (C=O) groups excluding carboxylic acids is 1. The molecule has 0 saturated heterocycles. The minimum absolute atomic E-state index is 0.0105. The predicted octanol–water partition coefficient (Wildman–Crippen LogP) is 3.34. The zero-order chi connectivity index (χ0) is 21.1. The summed E-state index contributed by atoms with van der Waals surface area (Å²) in [5, 5.41) is 2.70. The minimum atomic E-state index is -4.74. The van der Waals surface area contributed by atoms with Crippen molar-refractivity contribution in [3.8, 4) is 0 Å². The Morgan fingerprint density at radius 3 is 2.57 bits per heavy atom. The van der Waals surface area contributed by atoms with E-state index in [2.05, 4.69) is 20.0 Å². The van der Waals surface area contributed by atoms with Crippen molar-refractivity contribution in [2.45, 2.75) is 24.5 Å². The second kappa shape index (κ2) is 8.31. The molecule has 2 aromatic rings. The monoisotopic (exact) mass is 437 g/mol. The van der Waals surface area contributed by atoms with Crippen molar-refractivity contribution in [3.63, 3.8) is 0 Å². The summed E-state index contributed by atoms with van der Waals surface area (Å²) in [6.45, 7) is 1.21. The van der Waals surface area contributed by atoms with Gasteiger partial charge in [0.15, 0.2) is 9.84 Å². The quantitative estimate of drug-likeness (QED) is 0.546. The summed E-state index contributed by atoms with van der Waals surface area (Å²) >= 11 is 5.81. The predicted molar refractivity (Wildman–Crippen MR) is 94.9 cm³/mol. The summed E-state index contributed by atoms with van der Waals surface area (Å²) in [6, 6.07) is 3.13. The molecule has 0 atom stereocenters. The van der Waals surface area contributed by atoms with Gasteiger partial charge in [-0.05, 0) is 18.2 Å². The molecule has 0 radical (unpaired) electrons. The van der Waals surface area contributed by atoms with Crippen molar-refractivity contribution in [2.24, 2.45) is 0 Å². The third-order valence-corrected chi connectivity index (χ3v) is 5.64. The fraction of sp³-hybridized carbons (Fsp3) is 0.312. The van der Waals surface area contributed by atoms with Crippen LogP contribution in [0.25, 0.3) is 0 Å². The summed E-state index contributed by atoms with van der Waals surface area (Å²) in [7, 11) is -2.62. The number of alkyl halides is 3. The Balaban J connectivity index is 2.43. The number of rotatable bonds is 6. The highest BCUT2D eigenvalue weighted by atomic mass is 35.5. The van der Waals surface area contributed by atoms with Crippen LogP contribution >= 0.6 is 11.6 Å². The van der Waals surface area contributed by atoms with E-state index < -0.39 is 27.7 Å². The lowest BCUT2D eigenvalue weighted by atomic mass is 10.1. The molecule has 0 aliphatic rings. The van der Waals surface area contributed by atoms with Gasteiger partial charge in [-0.3, -0.25) is 4.98 Å². The smallest absolute Gasteiger partial charge is 0.433 e. The van der Waals surface area contributed by atoms with Crippen LogP contribution in [-0.4, -0.2) is 37.2 Å². The molecule has 1 N–H and O–H groups in total. The van der Waals surface area contributed by atoms with Crippen LogP contribution in [0.4, 0.5) is 19.0 Å². The Kier molecular flexibility index (Phi) is 6.50. The number of hydrogen-bond donors (Lipinski definition) is 1. The van der Waals surface area contributed by atoms with Crippen molar-refractivity contribution < 1.29 is 31.1 Å². The summed E-state index contributed by atoms with van der Waals surface area (Å²) < 4.78 is 67.5. The number of esters is 1. The van der Waals surface area contributed by atoms with Gasteiger partial charge in [0.25, 0.3) is 0 Å². The Bertz CT molecular complexity index is 997. The van der Waals surface area contributed by atoms with Gasteiger partial charge >= 0.3 is 12.1 Å². The Labute approximate surface area is 163 Å². The third-order valence-electron chi connectivity index (χ3n) is 3.67. The van der Waals surface area contributed by atoms with Gasteiger partial charge in [-0.1, -0.05) is 18.5 Å². The van der Waals surface area contributed by atoms with E-state index in [0.29, 0.717) is 6.07 Å². The summed E-state index contributed by atoms with van der Waals surface area (Å²) in [6.07, 6.45) is -3.88. The average molecular weight is 438 g/mol. The molecule has 0 fully saturated rings. The largest absolute Gasteiger partial charge is 0.465 e. The van der Waals surface area contributed by atoms with Crippen LogP contribution in [0.3, 0.4) is 0 Å². The standard InChI is InChI=1S/C16H15ClF3N3O4S/c1-3-28(25,26)11-4-5-13(17)23-14(11)22-8-9-7-21-12(16(18,19)20)6-10(9)15(24)27-2/h4-7H,3,8H2,1-2H3,(H,22,23). The molecule has 0 amide bonds. The van der Waals surface area contributed by atoms with E-state index in [0.717, 1.165) is 13.3 Å². The van der Waals surface area contributed by atoms with Crippen molar-refractivity contribution >= 4 is 33.2 Å². The van der Waals surface area contributed by atoms with Crippen LogP contribution in [0, 0.1) is 0 Å². The molecule has 12 heteroatoms. The number of pyridine rings is 2. The van der Waals surface area contributed by atoms with Crippen LogP contribution in [0.15, 0.2) is 29.3 Å². The molecular formula is C16H15ClF3N3O4S. The number of ether oxygens (including phenoxy) is 1. The van der Waals surface area contributed by atoms with E-state index in [1.807, 2.05) is 0 Å². The highest BCUT2D eigenvalue weighted by Crippen LogP contribution is 2.29. The molecule has 0 aliphatic carbocycles. The topological polar surface area (TPSA) is 98.3 Å². The molecule has 0 bridgehead atoms. The number of aromatic nitrogens is 2. The number of nitrogens with one attached hydrogen (secondary N) is 1. The maximum Gasteiger partial charge on any atom is 0.433 e. The molecule has 28 heavy (non-hydrogen) atoms. The summed E-state index contributed by atoms with van der Waals surface area (Å²) in [5.74, 6) is -1.28. The summed E-state index contributed by atoms with van der Waals surface area (Å²) in [5.41, 5.74) is -1.56. The molecule has 0 unspecified atom stereocenters. The van der Waals surface area contributed by atoms with E-state index in [-0.39, 0.29) is 39.3 Å². The van der Waals surface area contributed by atoms with Crippen LogP contribution in [0.1, 0.15) is 28.5 Å². The van der Waals surface area contributed by atoms with Gasteiger partial charge in [-0.15, -0.1) is 0 Å². The first kappa shape index (κ1) is 21.9. The SMILES string of the molecule is CCS(=O)(=O)c1ccc(Cl)nc1NCc1cnc(C(F)(F)F)cc1C(=O)OC. The molecule has 0 aliphatic heterocycles. The van der Waals surface area contributed by atoms with Gasteiger partial charge in [0.2, 0.25) is 0 Å². The number of sulfone groups is 1. The first-order valence-electron chi connectivity index (χ1n) is 7.77. The molecule has 0 saturated carbocycles. The normalized spacial score (nSPS) is 11.9. The zero-order valence-corrected chi connectivity index (χ0v) is 16.2. The lowest BCUT2D eigenvalue weighted by molar-refractivity contribution is -0.141. The Morgan fingerprint density at radius 2 is 2.00 bits per heavy atom. The van der Waals surface area contributed by atoms with Crippen LogP contribution < -0.4 is 5.32 Å². The molecular weight excluding hydrogens is 423 g/mol. The number of halogens is 4. The molecule has 2 heterocycles. The number of anilines is 1. The van der Waals surface area contributed by atoms with Gasteiger partial charge in [0.05, 0.1) is 18.4 Å². The van der Waals surface area contributed by atoms with Crippen molar-refractivity contribution in [1.82, 2.24) is 9.97 Å². The average Bonchev–Trinajstić information content (AvgIpc) is 2.64. The van der Waals surface area contributed by atoms with Crippen LogP contribution in [-0.2, 0) is 27.3 Å². The van der Waals surface area contributed by atoms with E-state index in [1.54, 1.807) is 0 Å². The zero-order valence-electron chi connectivity index (χ0n) is 14.7. The number of hydrogen-bond acceptors (Lipinski definition) is 7. The maximum absolute atomic E-state index is 12.9. The van der Waals surface area contributed by atoms with E-state index in [4.69, 9.17) is 11.6 Å². The summed E-state index contributed by atoms with van der Waals surface area (Å²) in [4.78, 5) is 19.0. The Hall–Kier alpha value is -2.40. The van der Waals surface area contributed by atoms with Gasteiger partial charge in [-0.2, -0.15) is 13.2 Å². The second-order valence-corrected chi connectivity index (χ2v) is 8.09. The maximum atomic E-state index is 12.9. The molecule has 7 nitrogen and oxygen atoms in total. The van der Waals surface area contributed by atoms with Crippen LogP contribution in [0.2, 0.25) is 5.15 Å². The van der Waals surface area contributed by atoms with Gasteiger partial charge in [0, 0.05) is 18.3 Å².